The number of hydrogen-bond donors (Lipinski definition) is 4. The zero-order valence-corrected chi connectivity index (χ0v) is 18.6. The van der Waals surface area contributed by atoms with E-state index in [4.69, 9.17) is 33.9 Å². The highest BCUT2D eigenvalue weighted by Crippen LogP contribution is 2.23. The second kappa shape index (κ2) is 12.1. The number of hydrogen-bond acceptors (Lipinski definition) is 4. The molecule has 0 spiro atoms. The highest BCUT2D eigenvalue weighted by molar-refractivity contribution is 7.80. The summed E-state index contributed by atoms with van der Waals surface area (Å²) in [7, 11) is 3.27. The third kappa shape index (κ3) is 7.40. The van der Waals surface area contributed by atoms with E-state index >= 15 is 0 Å². The van der Waals surface area contributed by atoms with Crippen LogP contribution in [0.2, 0.25) is 0 Å². The lowest BCUT2D eigenvalue weighted by Crippen LogP contribution is -2.40. The van der Waals surface area contributed by atoms with Crippen LogP contribution in [0.4, 0.5) is 11.4 Å². The number of rotatable bonds is 9. The smallest absolute Gasteiger partial charge is 0.171 e. The fraction of sp³-hybridized carbons (Fsp3) is 0.333. The number of methoxy groups -OCH3 is 2. The van der Waals surface area contributed by atoms with E-state index in [2.05, 4.69) is 28.2 Å². The van der Waals surface area contributed by atoms with Crippen LogP contribution in [0.5, 0.6) is 11.5 Å². The number of anilines is 2. The Balaban J connectivity index is 1.78. The molecule has 0 heterocycles. The molecule has 6 nitrogen and oxygen atoms in total. The van der Waals surface area contributed by atoms with Gasteiger partial charge in [-0.2, -0.15) is 0 Å². The van der Waals surface area contributed by atoms with Gasteiger partial charge in [0.2, 0.25) is 0 Å². The molecular formula is C21H28N4O2S2. The molecule has 4 N–H and O–H groups in total. The van der Waals surface area contributed by atoms with Gasteiger partial charge in [0.05, 0.1) is 25.6 Å². The van der Waals surface area contributed by atoms with E-state index in [1.165, 1.54) is 0 Å². The van der Waals surface area contributed by atoms with Gasteiger partial charge in [0, 0.05) is 12.6 Å². The fourth-order valence-electron chi connectivity index (χ4n) is 2.74. The molecule has 0 aliphatic heterocycles. The summed E-state index contributed by atoms with van der Waals surface area (Å²) in [6, 6.07) is 15.5. The van der Waals surface area contributed by atoms with Gasteiger partial charge in [-0.1, -0.05) is 31.2 Å². The van der Waals surface area contributed by atoms with E-state index in [1.54, 1.807) is 14.2 Å². The van der Waals surface area contributed by atoms with Crippen LogP contribution in [0.25, 0.3) is 0 Å². The first-order chi connectivity index (χ1) is 14.1. The topological polar surface area (TPSA) is 66.6 Å². The van der Waals surface area contributed by atoms with E-state index in [9.17, 15) is 0 Å². The number of para-hydroxylation sites is 4. The van der Waals surface area contributed by atoms with Crippen LogP contribution >= 0.6 is 24.4 Å². The van der Waals surface area contributed by atoms with Crippen LogP contribution in [0.15, 0.2) is 48.5 Å². The van der Waals surface area contributed by atoms with Gasteiger partial charge in [0.25, 0.3) is 0 Å². The van der Waals surface area contributed by atoms with E-state index in [-0.39, 0.29) is 6.04 Å². The molecule has 0 amide bonds. The Hall–Kier alpha value is -2.58. The van der Waals surface area contributed by atoms with Crippen molar-refractivity contribution in [2.75, 3.05) is 31.4 Å². The average Bonchev–Trinajstić information content (AvgIpc) is 2.73. The summed E-state index contributed by atoms with van der Waals surface area (Å²) in [5.41, 5.74) is 1.67. The Bertz CT molecular complexity index is 817. The SMILES string of the molecule is CCC(CCNC(=S)Nc1ccccc1OC)NC(=S)Nc1ccccc1OC. The number of ether oxygens (including phenoxy) is 2. The summed E-state index contributed by atoms with van der Waals surface area (Å²) in [4.78, 5) is 0. The molecule has 0 bridgehead atoms. The van der Waals surface area contributed by atoms with Crippen molar-refractivity contribution in [3.63, 3.8) is 0 Å². The van der Waals surface area contributed by atoms with Crippen molar-refractivity contribution in [1.29, 1.82) is 0 Å². The summed E-state index contributed by atoms with van der Waals surface area (Å²) in [5.74, 6) is 1.50. The Morgan fingerprint density at radius 2 is 1.38 bits per heavy atom. The van der Waals surface area contributed by atoms with E-state index in [0.717, 1.165) is 35.7 Å². The predicted octanol–water partition coefficient (Wildman–Crippen LogP) is 4.15. The molecule has 29 heavy (non-hydrogen) atoms. The Labute approximate surface area is 183 Å². The third-order valence-electron chi connectivity index (χ3n) is 4.32. The molecule has 1 unspecified atom stereocenters. The predicted molar refractivity (Wildman–Crippen MR) is 128 cm³/mol. The minimum Gasteiger partial charge on any atom is -0.495 e. The van der Waals surface area contributed by atoms with Crippen LogP contribution in [0, 0.1) is 0 Å². The monoisotopic (exact) mass is 432 g/mol. The van der Waals surface area contributed by atoms with Crippen LogP contribution in [0.1, 0.15) is 19.8 Å². The molecule has 0 aliphatic carbocycles. The quantitative estimate of drug-likeness (QED) is 0.441. The Kier molecular flexibility index (Phi) is 9.46. The fourth-order valence-corrected chi connectivity index (χ4v) is 3.23. The van der Waals surface area contributed by atoms with Gasteiger partial charge < -0.3 is 30.7 Å². The first kappa shape index (κ1) is 22.7. The van der Waals surface area contributed by atoms with Crippen molar-refractivity contribution in [3.05, 3.63) is 48.5 Å². The zero-order valence-electron chi connectivity index (χ0n) is 17.0. The van der Waals surface area contributed by atoms with E-state index in [0.29, 0.717) is 16.8 Å². The highest BCUT2D eigenvalue weighted by atomic mass is 32.1. The summed E-state index contributed by atoms with van der Waals surface area (Å²) in [6.45, 7) is 2.83. The van der Waals surface area contributed by atoms with Gasteiger partial charge in [0.15, 0.2) is 10.2 Å². The maximum atomic E-state index is 5.45. The maximum Gasteiger partial charge on any atom is 0.171 e. The van der Waals surface area contributed by atoms with Gasteiger partial charge >= 0.3 is 0 Å². The molecule has 0 aromatic heterocycles. The van der Waals surface area contributed by atoms with E-state index in [1.807, 2.05) is 48.5 Å². The average molecular weight is 433 g/mol. The highest BCUT2D eigenvalue weighted by Gasteiger charge is 2.10. The summed E-state index contributed by atoms with van der Waals surface area (Å²) >= 11 is 10.8. The summed E-state index contributed by atoms with van der Waals surface area (Å²) < 4.78 is 10.7. The van der Waals surface area contributed by atoms with E-state index < -0.39 is 0 Å². The lowest BCUT2D eigenvalue weighted by molar-refractivity contribution is 0.417. The lowest BCUT2D eigenvalue weighted by Gasteiger charge is -2.21. The second-order valence-corrected chi connectivity index (χ2v) is 7.09. The molecule has 0 saturated heterocycles. The minimum absolute atomic E-state index is 0.214. The molecule has 0 fully saturated rings. The Morgan fingerprint density at radius 1 is 0.862 bits per heavy atom. The van der Waals surface area contributed by atoms with Crippen LogP contribution in [-0.2, 0) is 0 Å². The number of nitrogens with one attached hydrogen (secondary N) is 4. The Morgan fingerprint density at radius 3 is 1.90 bits per heavy atom. The van der Waals surface area contributed by atoms with Gasteiger partial charge in [-0.3, -0.25) is 0 Å². The molecule has 2 aromatic rings. The molecule has 2 aromatic carbocycles. The van der Waals surface area contributed by atoms with Gasteiger partial charge in [0.1, 0.15) is 11.5 Å². The van der Waals surface area contributed by atoms with Crippen molar-refractivity contribution >= 4 is 46.0 Å². The molecule has 156 valence electrons. The summed E-state index contributed by atoms with van der Waals surface area (Å²) in [5, 5.41) is 14.1. The third-order valence-corrected chi connectivity index (χ3v) is 4.78. The van der Waals surface area contributed by atoms with Crippen molar-refractivity contribution in [2.45, 2.75) is 25.8 Å². The molecule has 0 radical (unpaired) electrons. The minimum atomic E-state index is 0.214. The van der Waals surface area contributed by atoms with Gasteiger partial charge in [-0.25, -0.2) is 0 Å². The summed E-state index contributed by atoms with van der Waals surface area (Å²) in [6.07, 6.45) is 1.79. The standard InChI is InChI=1S/C21H28N4O2S2/c1-4-15(23-21(29)25-17-10-6-8-12-19(17)27-3)13-14-22-20(28)24-16-9-5-7-11-18(16)26-2/h5-12,15H,4,13-14H2,1-3H3,(H2,22,24,28)(H2,23,25,29). The van der Waals surface area contributed by atoms with Crippen LogP contribution in [-0.4, -0.2) is 37.0 Å². The molecule has 8 heteroatoms. The molecule has 0 aliphatic rings. The first-order valence-corrected chi connectivity index (χ1v) is 10.3. The molecule has 1 atom stereocenters. The van der Waals surface area contributed by atoms with Crippen molar-refractivity contribution in [1.82, 2.24) is 10.6 Å². The molecule has 2 rings (SSSR count). The normalized spacial score (nSPS) is 11.1. The maximum absolute atomic E-state index is 5.45. The lowest BCUT2D eigenvalue weighted by atomic mass is 10.1. The van der Waals surface area contributed by atoms with Crippen LogP contribution in [0.3, 0.4) is 0 Å². The first-order valence-electron chi connectivity index (χ1n) is 9.45. The zero-order chi connectivity index (χ0) is 21.1. The van der Waals surface area contributed by atoms with Crippen molar-refractivity contribution < 1.29 is 9.47 Å². The van der Waals surface area contributed by atoms with Gasteiger partial charge in [-0.15, -0.1) is 0 Å². The van der Waals surface area contributed by atoms with Crippen LogP contribution < -0.4 is 30.7 Å². The number of benzene rings is 2. The van der Waals surface area contributed by atoms with Gasteiger partial charge in [-0.05, 0) is 61.5 Å². The second-order valence-electron chi connectivity index (χ2n) is 6.27. The number of thiocarbonyl (C=S) groups is 2. The molecule has 0 saturated carbocycles. The van der Waals surface area contributed by atoms with Crippen molar-refractivity contribution in [2.24, 2.45) is 0 Å². The van der Waals surface area contributed by atoms with Crippen molar-refractivity contribution in [3.8, 4) is 11.5 Å². The molecular weight excluding hydrogens is 404 g/mol. The largest absolute Gasteiger partial charge is 0.495 e.